The van der Waals surface area contributed by atoms with Crippen molar-refractivity contribution in [1.82, 2.24) is 0 Å². The van der Waals surface area contributed by atoms with Crippen LogP contribution >= 0.6 is 27.5 Å². The Morgan fingerprint density at radius 1 is 1.42 bits per heavy atom. The Bertz CT molecular complexity index is 299. The van der Waals surface area contributed by atoms with Crippen LogP contribution in [0.2, 0.25) is 5.02 Å². The summed E-state index contributed by atoms with van der Waals surface area (Å²) in [5.74, 6) is 0. The summed E-state index contributed by atoms with van der Waals surface area (Å²) in [6, 6.07) is 2.87. The summed E-state index contributed by atoms with van der Waals surface area (Å²) >= 11 is 8.79. The van der Waals surface area contributed by atoms with E-state index in [1.165, 1.54) is 12.1 Å². The highest BCUT2D eigenvalue weighted by Crippen LogP contribution is 2.31. The van der Waals surface area contributed by atoms with Crippen molar-refractivity contribution in [2.75, 3.05) is 0 Å². The lowest BCUT2D eigenvalue weighted by Crippen LogP contribution is -1.88. The fraction of sp³-hybridized carbons (Fsp3) is 0.250. The number of halogens is 4. The minimum atomic E-state index is -2.51. The van der Waals surface area contributed by atoms with Crippen LogP contribution < -0.4 is 0 Å². The molecule has 0 aliphatic carbocycles. The predicted octanol–water partition coefficient (Wildman–Crippen LogP) is 4.35. The Morgan fingerprint density at radius 3 is 2.50 bits per heavy atom. The van der Waals surface area contributed by atoms with Gasteiger partial charge in [0.25, 0.3) is 6.43 Å². The Labute approximate surface area is 82.7 Å². The summed E-state index contributed by atoms with van der Waals surface area (Å²) in [6.07, 6.45) is -2.51. The fourth-order valence-electron chi connectivity index (χ4n) is 0.847. The molecule has 0 amide bonds. The Balaban J connectivity index is 3.23. The van der Waals surface area contributed by atoms with E-state index in [0.717, 1.165) is 10.0 Å². The highest BCUT2D eigenvalue weighted by molar-refractivity contribution is 9.10. The van der Waals surface area contributed by atoms with Gasteiger partial charge in [0, 0.05) is 10.0 Å². The van der Waals surface area contributed by atoms with Crippen LogP contribution in [0.25, 0.3) is 0 Å². The smallest absolute Gasteiger partial charge is 0.205 e. The van der Waals surface area contributed by atoms with E-state index < -0.39 is 6.43 Å². The molecule has 12 heavy (non-hydrogen) atoms. The molecule has 0 aliphatic heterocycles. The zero-order valence-electron chi connectivity index (χ0n) is 6.24. The average molecular weight is 255 g/mol. The third-order valence-corrected chi connectivity index (χ3v) is 2.69. The van der Waals surface area contributed by atoms with Gasteiger partial charge in [0.2, 0.25) is 0 Å². The van der Waals surface area contributed by atoms with Crippen molar-refractivity contribution in [3.05, 3.63) is 32.8 Å². The van der Waals surface area contributed by atoms with Crippen LogP contribution in [0, 0.1) is 6.92 Å². The molecule has 0 atom stereocenters. The van der Waals surface area contributed by atoms with Gasteiger partial charge >= 0.3 is 0 Å². The van der Waals surface area contributed by atoms with Gasteiger partial charge in [-0.25, -0.2) is 8.78 Å². The molecular weight excluding hydrogens is 249 g/mol. The maximum atomic E-state index is 12.2. The Kier molecular flexibility index (Phi) is 3.07. The zero-order chi connectivity index (χ0) is 9.30. The van der Waals surface area contributed by atoms with E-state index >= 15 is 0 Å². The minimum Gasteiger partial charge on any atom is -0.205 e. The van der Waals surface area contributed by atoms with Gasteiger partial charge < -0.3 is 0 Å². The summed E-state index contributed by atoms with van der Waals surface area (Å²) in [7, 11) is 0. The molecule has 1 rings (SSSR count). The van der Waals surface area contributed by atoms with Crippen molar-refractivity contribution >= 4 is 27.5 Å². The van der Waals surface area contributed by atoms with Crippen LogP contribution in [0.4, 0.5) is 8.78 Å². The SMILES string of the molecule is Cc1cc(C(F)F)c(Cl)cc1Br. The van der Waals surface area contributed by atoms with E-state index in [2.05, 4.69) is 15.9 Å². The Morgan fingerprint density at radius 2 is 2.00 bits per heavy atom. The van der Waals surface area contributed by atoms with Crippen LogP contribution in [0.5, 0.6) is 0 Å². The molecule has 0 aromatic heterocycles. The first-order valence-corrected chi connectivity index (χ1v) is 4.43. The zero-order valence-corrected chi connectivity index (χ0v) is 8.59. The van der Waals surface area contributed by atoms with E-state index in [1.54, 1.807) is 6.92 Å². The summed E-state index contributed by atoms with van der Waals surface area (Å²) < 4.78 is 25.2. The third kappa shape index (κ3) is 1.96. The Hall–Kier alpha value is -0.150. The molecule has 1 aromatic rings. The first-order chi connectivity index (χ1) is 5.52. The molecule has 0 aliphatic rings. The standard InChI is InChI=1S/C8H6BrClF2/c1-4-2-5(8(11)12)7(10)3-6(4)9/h2-3,8H,1H3. The van der Waals surface area contributed by atoms with Gasteiger partial charge in [-0.2, -0.15) is 0 Å². The highest BCUT2D eigenvalue weighted by atomic mass is 79.9. The molecule has 0 heterocycles. The molecule has 0 N–H and O–H groups in total. The minimum absolute atomic E-state index is 0.0995. The molecule has 0 nitrogen and oxygen atoms in total. The normalized spacial score (nSPS) is 10.8. The summed E-state index contributed by atoms with van der Waals surface area (Å²) in [5, 5.41) is 0.0995. The lowest BCUT2D eigenvalue weighted by atomic mass is 10.1. The number of aryl methyl sites for hydroxylation is 1. The first-order valence-electron chi connectivity index (χ1n) is 3.26. The molecular formula is C8H6BrClF2. The molecule has 0 unspecified atom stereocenters. The molecule has 0 bridgehead atoms. The number of benzene rings is 1. The summed E-state index contributed by atoms with van der Waals surface area (Å²) in [6.45, 7) is 1.74. The third-order valence-electron chi connectivity index (χ3n) is 1.51. The van der Waals surface area contributed by atoms with E-state index in [0.29, 0.717) is 0 Å². The number of rotatable bonds is 1. The molecule has 0 fully saturated rings. The molecule has 0 saturated heterocycles. The van der Waals surface area contributed by atoms with Gasteiger partial charge in [-0.15, -0.1) is 0 Å². The van der Waals surface area contributed by atoms with Crippen molar-refractivity contribution < 1.29 is 8.78 Å². The van der Waals surface area contributed by atoms with Crippen molar-refractivity contribution in [3.63, 3.8) is 0 Å². The lowest BCUT2D eigenvalue weighted by molar-refractivity contribution is 0.151. The largest absolute Gasteiger partial charge is 0.265 e. The van der Waals surface area contributed by atoms with Crippen LogP contribution in [0.3, 0.4) is 0 Å². The quantitative estimate of drug-likeness (QED) is 0.700. The lowest BCUT2D eigenvalue weighted by Gasteiger charge is -2.05. The van der Waals surface area contributed by atoms with Crippen molar-refractivity contribution in [3.8, 4) is 0 Å². The van der Waals surface area contributed by atoms with Crippen LogP contribution in [-0.2, 0) is 0 Å². The second-order valence-corrected chi connectivity index (χ2v) is 3.69. The van der Waals surface area contributed by atoms with Gasteiger partial charge in [0.05, 0.1) is 5.02 Å². The highest BCUT2D eigenvalue weighted by Gasteiger charge is 2.12. The van der Waals surface area contributed by atoms with Gasteiger partial charge in [0.15, 0.2) is 0 Å². The van der Waals surface area contributed by atoms with E-state index in [-0.39, 0.29) is 10.6 Å². The van der Waals surface area contributed by atoms with E-state index in [1.807, 2.05) is 0 Å². The van der Waals surface area contributed by atoms with Gasteiger partial charge in [-0.3, -0.25) is 0 Å². The number of hydrogen-bond acceptors (Lipinski definition) is 0. The van der Waals surface area contributed by atoms with Gasteiger partial charge in [-0.05, 0) is 24.6 Å². The van der Waals surface area contributed by atoms with Crippen molar-refractivity contribution in [2.45, 2.75) is 13.3 Å². The van der Waals surface area contributed by atoms with Crippen molar-refractivity contribution in [1.29, 1.82) is 0 Å². The van der Waals surface area contributed by atoms with Gasteiger partial charge in [-0.1, -0.05) is 27.5 Å². The number of alkyl halides is 2. The summed E-state index contributed by atoms with van der Waals surface area (Å²) in [4.78, 5) is 0. The van der Waals surface area contributed by atoms with Crippen molar-refractivity contribution in [2.24, 2.45) is 0 Å². The maximum absolute atomic E-state index is 12.2. The molecule has 4 heteroatoms. The predicted molar refractivity (Wildman–Crippen MR) is 48.8 cm³/mol. The first kappa shape index (κ1) is 9.93. The van der Waals surface area contributed by atoms with E-state index in [9.17, 15) is 8.78 Å². The second kappa shape index (κ2) is 3.71. The average Bonchev–Trinajstić information content (AvgIpc) is 1.96. The van der Waals surface area contributed by atoms with Crippen LogP contribution in [0.1, 0.15) is 17.6 Å². The molecule has 66 valence electrons. The summed E-state index contributed by atoms with van der Waals surface area (Å²) in [5.41, 5.74) is 0.645. The second-order valence-electron chi connectivity index (χ2n) is 2.42. The van der Waals surface area contributed by atoms with Gasteiger partial charge in [0.1, 0.15) is 0 Å². The topological polar surface area (TPSA) is 0 Å². The molecule has 0 spiro atoms. The number of hydrogen-bond donors (Lipinski definition) is 0. The molecule has 0 radical (unpaired) electrons. The maximum Gasteiger partial charge on any atom is 0.265 e. The van der Waals surface area contributed by atoms with Crippen LogP contribution in [0.15, 0.2) is 16.6 Å². The van der Waals surface area contributed by atoms with Crippen LogP contribution in [-0.4, -0.2) is 0 Å². The fourth-order valence-corrected chi connectivity index (χ4v) is 1.57. The monoisotopic (exact) mass is 254 g/mol. The molecule has 0 saturated carbocycles. The van der Waals surface area contributed by atoms with E-state index in [4.69, 9.17) is 11.6 Å². The molecule has 1 aromatic carbocycles.